The number of ether oxygens (including phenoxy) is 3. The largest absolute Gasteiger partial charge is 0.459 e. The maximum absolute atomic E-state index is 12.1. The molecule has 0 amide bonds. The van der Waals surface area contributed by atoms with Crippen LogP contribution in [0.2, 0.25) is 0 Å². The van der Waals surface area contributed by atoms with E-state index < -0.39 is 5.79 Å². The van der Waals surface area contributed by atoms with Gasteiger partial charge in [0.1, 0.15) is 12.7 Å². The van der Waals surface area contributed by atoms with Crippen molar-refractivity contribution in [3.8, 4) is 0 Å². The van der Waals surface area contributed by atoms with E-state index in [-0.39, 0.29) is 30.7 Å². The van der Waals surface area contributed by atoms with Crippen LogP contribution in [0.1, 0.15) is 31.1 Å². The fourth-order valence-electron chi connectivity index (χ4n) is 2.52. The first-order chi connectivity index (χ1) is 10.9. The Morgan fingerprint density at radius 2 is 2.00 bits per heavy atom. The van der Waals surface area contributed by atoms with Crippen molar-refractivity contribution in [3.63, 3.8) is 0 Å². The minimum Gasteiger partial charge on any atom is -0.459 e. The first-order valence-electron chi connectivity index (χ1n) is 7.70. The molecule has 1 aliphatic heterocycles. The highest BCUT2D eigenvalue weighted by Gasteiger charge is 2.40. The fraction of sp³-hybridized carbons (Fsp3) is 0.500. The van der Waals surface area contributed by atoms with Crippen molar-refractivity contribution in [3.05, 3.63) is 47.4 Å². The summed E-state index contributed by atoms with van der Waals surface area (Å²) in [4.78, 5) is 12.1. The van der Waals surface area contributed by atoms with Crippen LogP contribution in [-0.4, -0.2) is 36.8 Å². The number of esters is 1. The molecule has 126 valence electrons. The number of carbonyl (C=O) groups excluding carboxylic acids is 1. The van der Waals surface area contributed by atoms with E-state index in [4.69, 9.17) is 14.2 Å². The summed E-state index contributed by atoms with van der Waals surface area (Å²) < 4.78 is 17.3. The molecule has 0 radical (unpaired) electrons. The molecule has 0 aromatic heterocycles. The van der Waals surface area contributed by atoms with Gasteiger partial charge >= 0.3 is 5.97 Å². The van der Waals surface area contributed by atoms with E-state index in [0.717, 1.165) is 0 Å². The minimum atomic E-state index is -0.705. The Morgan fingerprint density at radius 3 is 2.65 bits per heavy atom. The third-order valence-electron chi connectivity index (χ3n) is 3.75. The van der Waals surface area contributed by atoms with Gasteiger partial charge in [-0.1, -0.05) is 25.1 Å². The van der Waals surface area contributed by atoms with Gasteiger partial charge < -0.3 is 14.2 Å². The number of hydrogen-bond acceptors (Lipinski definition) is 5. The number of rotatable bonds is 5. The monoisotopic (exact) mass is 336 g/mol. The van der Waals surface area contributed by atoms with Crippen LogP contribution in [0.15, 0.2) is 41.8 Å². The van der Waals surface area contributed by atoms with Gasteiger partial charge in [-0.25, -0.2) is 4.79 Å². The molecule has 0 spiro atoms. The van der Waals surface area contributed by atoms with E-state index in [1.807, 2.05) is 56.7 Å². The van der Waals surface area contributed by atoms with Crippen LogP contribution in [-0.2, 0) is 14.2 Å². The van der Waals surface area contributed by atoms with Crippen molar-refractivity contribution < 1.29 is 19.0 Å². The van der Waals surface area contributed by atoms with Crippen LogP contribution in [0.5, 0.6) is 0 Å². The molecule has 1 aromatic rings. The Balaban J connectivity index is 2.00. The van der Waals surface area contributed by atoms with Gasteiger partial charge in [0.05, 0.1) is 11.7 Å². The summed E-state index contributed by atoms with van der Waals surface area (Å²) in [6, 6.07) is 8.98. The van der Waals surface area contributed by atoms with Gasteiger partial charge in [0, 0.05) is 5.92 Å². The zero-order valence-corrected chi connectivity index (χ0v) is 14.8. The maximum Gasteiger partial charge on any atom is 0.338 e. The van der Waals surface area contributed by atoms with Crippen LogP contribution in [0.3, 0.4) is 0 Å². The van der Waals surface area contributed by atoms with Crippen molar-refractivity contribution in [2.75, 3.05) is 12.9 Å². The Morgan fingerprint density at radius 1 is 1.30 bits per heavy atom. The maximum atomic E-state index is 12.1. The van der Waals surface area contributed by atoms with E-state index in [1.165, 1.54) is 0 Å². The van der Waals surface area contributed by atoms with Gasteiger partial charge in [0.25, 0.3) is 0 Å². The van der Waals surface area contributed by atoms with Gasteiger partial charge in [-0.05, 0) is 43.7 Å². The molecule has 0 unspecified atom stereocenters. The highest BCUT2D eigenvalue weighted by molar-refractivity contribution is 8.01. The summed E-state index contributed by atoms with van der Waals surface area (Å²) in [5.74, 6) is -0.944. The van der Waals surface area contributed by atoms with Gasteiger partial charge in [0.2, 0.25) is 0 Å². The Kier molecular flexibility index (Phi) is 6.27. The van der Waals surface area contributed by atoms with E-state index in [0.29, 0.717) is 5.56 Å². The molecule has 0 bridgehead atoms. The molecule has 0 N–H and O–H groups in total. The van der Waals surface area contributed by atoms with Crippen molar-refractivity contribution >= 4 is 17.7 Å². The Hall–Kier alpha value is -1.30. The molecular formula is C18H24O4S. The molecule has 1 heterocycles. The second-order valence-electron chi connectivity index (χ2n) is 6.03. The van der Waals surface area contributed by atoms with Crippen LogP contribution in [0, 0.1) is 5.92 Å². The number of thioether (sulfide) groups is 1. The zero-order valence-electron chi connectivity index (χ0n) is 14.0. The first-order valence-corrected chi connectivity index (χ1v) is 8.99. The van der Waals surface area contributed by atoms with Crippen LogP contribution >= 0.6 is 11.8 Å². The molecule has 4 nitrogen and oxygen atoms in total. The van der Waals surface area contributed by atoms with Gasteiger partial charge in [-0.3, -0.25) is 0 Å². The summed E-state index contributed by atoms with van der Waals surface area (Å²) in [7, 11) is 0. The average Bonchev–Trinajstić information content (AvgIpc) is 2.54. The van der Waals surface area contributed by atoms with Crippen molar-refractivity contribution in [1.82, 2.24) is 0 Å². The van der Waals surface area contributed by atoms with Crippen LogP contribution in [0.4, 0.5) is 0 Å². The molecule has 1 saturated heterocycles. The molecule has 3 atom stereocenters. The lowest BCUT2D eigenvalue weighted by molar-refractivity contribution is -0.313. The summed E-state index contributed by atoms with van der Waals surface area (Å²) in [5.41, 5.74) is 0.547. The topological polar surface area (TPSA) is 44.8 Å². The smallest absolute Gasteiger partial charge is 0.338 e. The molecule has 1 aromatic carbocycles. The first kappa shape index (κ1) is 18.0. The number of carbonyl (C=O) groups is 1. The third kappa shape index (κ3) is 5.09. The minimum absolute atomic E-state index is 0.0633. The predicted octanol–water partition coefficient (Wildman–Crippen LogP) is 3.88. The Bertz CT molecular complexity index is 541. The normalized spacial score (nSPS) is 27.0. The molecule has 23 heavy (non-hydrogen) atoms. The quantitative estimate of drug-likeness (QED) is 0.764. The summed E-state index contributed by atoms with van der Waals surface area (Å²) in [6.07, 6.45) is 3.77. The van der Waals surface area contributed by atoms with E-state index in [9.17, 15) is 4.79 Å². The van der Waals surface area contributed by atoms with Gasteiger partial charge in [0.15, 0.2) is 5.79 Å². The SMILES string of the molecule is CS/C=C/[C@@H]1OC(C)(C)O[C@H](COC(=O)c2ccccc2)[C@H]1C. The molecule has 2 rings (SSSR count). The average molecular weight is 336 g/mol. The van der Waals surface area contributed by atoms with Gasteiger partial charge in [-0.15, -0.1) is 11.8 Å². The fourth-order valence-corrected chi connectivity index (χ4v) is 2.83. The van der Waals surface area contributed by atoms with Crippen molar-refractivity contribution in [1.29, 1.82) is 0 Å². The highest BCUT2D eigenvalue weighted by Crippen LogP contribution is 2.32. The molecule has 1 fully saturated rings. The second-order valence-corrected chi connectivity index (χ2v) is 6.77. The lowest BCUT2D eigenvalue weighted by atomic mass is 9.96. The lowest BCUT2D eigenvalue weighted by Gasteiger charge is -2.43. The predicted molar refractivity (Wildman–Crippen MR) is 92.4 cm³/mol. The number of benzene rings is 1. The molecule has 0 aliphatic carbocycles. The van der Waals surface area contributed by atoms with E-state index in [1.54, 1.807) is 23.9 Å². The lowest BCUT2D eigenvalue weighted by Crippen LogP contribution is -2.51. The van der Waals surface area contributed by atoms with Crippen molar-refractivity contribution in [2.24, 2.45) is 5.92 Å². The summed E-state index contributed by atoms with van der Waals surface area (Å²) in [6.45, 7) is 6.02. The zero-order chi connectivity index (χ0) is 16.9. The van der Waals surface area contributed by atoms with E-state index in [2.05, 4.69) is 0 Å². The third-order valence-corrected chi connectivity index (χ3v) is 4.18. The summed E-state index contributed by atoms with van der Waals surface area (Å²) in [5, 5.41) is 2.01. The molecule has 1 aliphatic rings. The van der Waals surface area contributed by atoms with Gasteiger partial charge in [-0.2, -0.15) is 0 Å². The van der Waals surface area contributed by atoms with E-state index >= 15 is 0 Å². The van der Waals surface area contributed by atoms with Crippen LogP contribution in [0.25, 0.3) is 0 Å². The molecule has 0 saturated carbocycles. The highest BCUT2D eigenvalue weighted by atomic mass is 32.2. The second kappa shape index (κ2) is 7.99. The molecular weight excluding hydrogens is 312 g/mol. The number of hydrogen-bond donors (Lipinski definition) is 0. The van der Waals surface area contributed by atoms with Crippen molar-refractivity contribution in [2.45, 2.75) is 38.8 Å². The Labute approximate surface area is 142 Å². The molecule has 5 heteroatoms. The standard InChI is InChI=1S/C18H24O4S/c1-13-15(10-11-23-4)21-18(2,3)22-16(13)12-20-17(19)14-8-6-5-7-9-14/h5-11,13,15-16H,12H2,1-4H3/b11-10+/t13-,15-,16+/m0/s1. The summed E-state index contributed by atoms with van der Waals surface area (Å²) >= 11 is 1.63. The van der Waals surface area contributed by atoms with Crippen LogP contribution < -0.4 is 0 Å².